The molecule has 26 heavy (non-hydrogen) atoms. The number of rotatable bonds is 4. The fraction of sp³-hybridized carbons (Fsp3) is 0.529. The average Bonchev–Trinajstić information content (AvgIpc) is 3.09. The van der Waals surface area contributed by atoms with Crippen LogP contribution >= 0.6 is 0 Å². The minimum absolute atomic E-state index is 0.131. The van der Waals surface area contributed by atoms with E-state index in [-0.39, 0.29) is 12.3 Å². The summed E-state index contributed by atoms with van der Waals surface area (Å²) in [5.41, 5.74) is 6.02. The number of hydrogen-bond acceptors (Lipinski definition) is 7. The maximum Gasteiger partial charge on any atom is 0.236 e. The molecule has 4 atom stereocenters. The van der Waals surface area contributed by atoms with Gasteiger partial charge in [0.1, 0.15) is 17.7 Å². The summed E-state index contributed by atoms with van der Waals surface area (Å²) in [6.07, 6.45) is -2.11. The predicted molar refractivity (Wildman–Crippen MR) is 91.9 cm³/mol. The second kappa shape index (κ2) is 6.01. The lowest BCUT2D eigenvalue weighted by Gasteiger charge is -2.35. The number of hydrogen-bond donors (Lipinski definition) is 2. The Morgan fingerprint density at radius 2 is 1.96 bits per heavy atom. The van der Waals surface area contributed by atoms with Crippen molar-refractivity contribution in [2.45, 2.75) is 50.3 Å². The van der Waals surface area contributed by atoms with Crippen LogP contribution in [0.1, 0.15) is 19.4 Å². The normalized spacial score (nSPS) is 37.0. The molecule has 8 nitrogen and oxygen atoms in total. The Labute approximate surface area is 152 Å². The summed E-state index contributed by atoms with van der Waals surface area (Å²) in [4.78, 5) is 0. The Kier molecular flexibility index (Phi) is 4.14. The number of fused-ring (bicyclic) bond motifs is 2. The number of nitrogens with two attached hydrogens (primary N) is 1. The van der Waals surface area contributed by atoms with Gasteiger partial charge >= 0.3 is 0 Å². The van der Waals surface area contributed by atoms with Crippen molar-refractivity contribution in [2.75, 3.05) is 6.61 Å². The SMILES string of the molecule is CC1(C)O[C@H]2O[C@H](COCc3ccccc3)[C@@]3(NS(=O)(=O)C=C3N)[C@H]2O1. The van der Waals surface area contributed by atoms with E-state index in [1.165, 1.54) is 0 Å². The van der Waals surface area contributed by atoms with Crippen molar-refractivity contribution in [3.8, 4) is 0 Å². The minimum Gasteiger partial charge on any atom is -0.400 e. The summed E-state index contributed by atoms with van der Waals surface area (Å²) in [6, 6.07) is 9.66. The summed E-state index contributed by atoms with van der Waals surface area (Å²) in [5.74, 6) is -0.896. The lowest BCUT2D eigenvalue weighted by atomic mass is 9.87. The molecule has 1 aromatic rings. The van der Waals surface area contributed by atoms with E-state index < -0.39 is 39.8 Å². The van der Waals surface area contributed by atoms with Crippen molar-refractivity contribution in [2.24, 2.45) is 5.73 Å². The van der Waals surface area contributed by atoms with Gasteiger partial charge in [-0.1, -0.05) is 30.3 Å². The summed E-state index contributed by atoms with van der Waals surface area (Å²) < 4.78 is 50.3. The molecule has 0 aromatic heterocycles. The quantitative estimate of drug-likeness (QED) is 0.783. The number of sulfonamides is 1. The maximum absolute atomic E-state index is 12.1. The van der Waals surface area contributed by atoms with Crippen molar-refractivity contribution >= 4 is 10.0 Å². The lowest BCUT2D eigenvalue weighted by molar-refractivity contribution is -0.216. The lowest BCUT2D eigenvalue weighted by Crippen LogP contribution is -2.61. The third-order valence-electron chi connectivity index (χ3n) is 4.76. The highest BCUT2D eigenvalue weighted by molar-refractivity contribution is 7.92. The maximum atomic E-state index is 12.1. The van der Waals surface area contributed by atoms with Gasteiger partial charge < -0.3 is 24.7 Å². The summed E-state index contributed by atoms with van der Waals surface area (Å²) >= 11 is 0. The number of nitrogens with one attached hydrogen (secondary N) is 1. The molecule has 2 saturated heterocycles. The minimum atomic E-state index is -3.68. The molecular formula is C17H22N2O6S. The second-order valence-electron chi connectivity index (χ2n) is 7.14. The third kappa shape index (κ3) is 2.94. The Hall–Kier alpha value is -1.49. The number of ether oxygens (including phenoxy) is 4. The Balaban J connectivity index is 1.56. The molecule has 3 aliphatic heterocycles. The monoisotopic (exact) mass is 382 g/mol. The molecule has 0 aliphatic carbocycles. The Bertz CT molecular complexity index is 825. The molecule has 0 unspecified atom stereocenters. The van der Waals surface area contributed by atoms with Crippen molar-refractivity contribution in [1.29, 1.82) is 0 Å². The van der Waals surface area contributed by atoms with Crippen LogP contribution in [0.2, 0.25) is 0 Å². The van der Waals surface area contributed by atoms with Crippen LogP contribution in [0.4, 0.5) is 0 Å². The van der Waals surface area contributed by atoms with E-state index in [4.69, 9.17) is 24.7 Å². The molecule has 0 radical (unpaired) electrons. The van der Waals surface area contributed by atoms with E-state index in [0.717, 1.165) is 11.0 Å². The van der Waals surface area contributed by atoms with Crippen LogP contribution in [0, 0.1) is 0 Å². The molecule has 4 rings (SSSR count). The van der Waals surface area contributed by atoms with Crippen molar-refractivity contribution < 1.29 is 27.4 Å². The summed E-state index contributed by atoms with van der Waals surface area (Å²) in [7, 11) is -3.68. The van der Waals surface area contributed by atoms with Crippen LogP contribution < -0.4 is 10.5 Å². The fourth-order valence-corrected chi connectivity index (χ4v) is 5.11. The van der Waals surface area contributed by atoms with Crippen molar-refractivity contribution in [3.63, 3.8) is 0 Å². The van der Waals surface area contributed by atoms with Gasteiger partial charge in [0.05, 0.1) is 18.6 Å². The molecule has 2 fully saturated rings. The molecule has 1 aromatic carbocycles. The van der Waals surface area contributed by atoms with E-state index in [1.807, 2.05) is 30.3 Å². The van der Waals surface area contributed by atoms with Crippen LogP contribution in [0.15, 0.2) is 41.4 Å². The molecule has 0 amide bonds. The third-order valence-corrected chi connectivity index (χ3v) is 5.95. The van der Waals surface area contributed by atoms with Gasteiger partial charge in [-0.15, -0.1) is 0 Å². The van der Waals surface area contributed by atoms with Gasteiger partial charge in [0.25, 0.3) is 0 Å². The molecule has 3 aliphatic rings. The van der Waals surface area contributed by atoms with Gasteiger partial charge in [-0.2, -0.15) is 4.72 Å². The highest BCUT2D eigenvalue weighted by atomic mass is 32.2. The largest absolute Gasteiger partial charge is 0.400 e. The average molecular weight is 382 g/mol. The zero-order chi connectivity index (χ0) is 18.6. The van der Waals surface area contributed by atoms with E-state index in [0.29, 0.717) is 6.61 Å². The standard InChI is InChI=1S/C17H22N2O6S/c1-16(2)24-14-15(25-16)23-13(9-22-8-11-6-4-3-5-7-11)17(14)12(18)10-26(20,21)19-17/h3-7,10,13-15,19H,8-9,18H2,1-2H3/t13-,14+,15-,17-/m1/s1. The van der Waals surface area contributed by atoms with Gasteiger partial charge in [0, 0.05) is 5.70 Å². The van der Waals surface area contributed by atoms with E-state index in [2.05, 4.69) is 4.72 Å². The first-order valence-corrected chi connectivity index (χ1v) is 9.91. The second-order valence-corrected chi connectivity index (χ2v) is 8.67. The predicted octanol–water partition coefficient (Wildman–Crippen LogP) is 0.552. The highest BCUT2D eigenvalue weighted by Gasteiger charge is 2.68. The van der Waals surface area contributed by atoms with Crippen LogP contribution in [0.25, 0.3) is 0 Å². The first kappa shape index (κ1) is 17.9. The Morgan fingerprint density at radius 3 is 2.62 bits per heavy atom. The van der Waals surface area contributed by atoms with E-state index >= 15 is 0 Å². The van der Waals surface area contributed by atoms with Gasteiger partial charge in [-0.05, 0) is 19.4 Å². The molecular weight excluding hydrogens is 360 g/mol. The van der Waals surface area contributed by atoms with Crippen LogP contribution in [0.3, 0.4) is 0 Å². The highest BCUT2D eigenvalue weighted by Crippen LogP contribution is 2.47. The topological polar surface area (TPSA) is 109 Å². The van der Waals surface area contributed by atoms with Crippen molar-refractivity contribution in [1.82, 2.24) is 4.72 Å². The molecule has 0 bridgehead atoms. The van der Waals surface area contributed by atoms with Crippen LogP contribution in [0.5, 0.6) is 0 Å². The van der Waals surface area contributed by atoms with Gasteiger partial charge in [-0.3, -0.25) is 0 Å². The zero-order valence-corrected chi connectivity index (χ0v) is 15.4. The fourth-order valence-electron chi connectivity index (χ4n) is 3.68. The van der Waals surface area contributed by atoms with E-state index in [9.17, 15) is 8.42 Å². The van der Waals surface area contributed by atoms with Gasteiger partial charge in [0.15, 0.2) is 12.1 Å². The van der Waals surface area contributed by atoms with Crippen LogP contribution in [-0.4, -0.2) is 44.8 Å². The molecule has 142 valence electrons. The van der Waals surface area contributed by atoms with Crippen molar-refractivity contribution in [3.05, 3.63) is 47.0 Å². The number of benzene rings is 1. The molecule has 9 heteroatoms. The molecule has 1 spiro atoms. The van der Waals surface area contributed by atoms with Gasteiger partial charge in [0.2, 0.25) is 10.0 Å². The zero-order valence-electron chi connectivity index (χ0n) is 14.5. The van der Waals surface area contributed by atoms with E-state index in [1.54, 1.807) is 13.8 Å². The molecule has 3 N–H and O–H groups in total. The Morgan fingerprint density at radius 1 is 1.23 bits per heavy atom. The summed E-state index contributed by atoms with van der Waals surface area (Å²) in [6.45, 7) is 3.99. The summed E-state index contributed by atoms with van der Waals surface area (Å²) in [5, 5.41) is 1.01. The first-order valence-electron chi connectivity index (χ1n) is 8.36. The smallest absolute Gasteiger partial charge is 0.236 e. The molecule has 0 saturated carbocycles. The van der Waals surface area contributed by atoms with Gasteiger partial charge in [-0.25, -0.2) is 8.42 Å². The molecule has 3 heterocycles. The van der Waals surface area contributed by atoms with Crippen LogP contribution in [-0.2, 0) is 35.6 Å². The first-order chi connectivity index (χ1) is 12.2.